The van der Waals surface area contributed by atoms with Gasteiger partial charge in [-0.3, -0.25) is 19.1 Å². The first-order chi connectivity index (χ1) is 15.9. The maximum atomic E-state index is 13.1. The van der Waals surface area contributed by atoms with E-state index in [1.807, 2.05) is 24.1 Å². The Labute approximate surface area is 198 Å². The first-order valence-corrected chi connectivity index (χ1v) is 11.9. The molecule has 1 fully saturated rings. The van der Waals surface area contributed by atoms with Crippen molar-refractivity contribution in [1.29, 1.82) is 0 Å². The Hall–Kier alpha value is -2.87. The summed E-state index contributed by atoms with van der Waals surface area (Å²) in [7, 11) is 1.86. The first-order valence-electron chi connectivity index (χ1n) is 11.6. The number of hydrogen-bond acceptors (Lipinski definition) is 4. The second kappa shape index (κ2) is 10.4. The van der Waals surface area contributed by atoms with Crippen LogP contribution in [0.25, 0.3) is 0 Å². The van der Waals surface area contributed by atoms with Gasteiger partial charge in [-0.15, -0.1) is 0 Å². The lowest BCUT2D eigenvalue weighted by Crippen LogP contribution is -2.39. The number of carbonyl (C=O) groups excluding carboxylic acids is 3. The minimum Gasteiger partial charge on any atom is -0.352 e. The number of amides is 3. The van der Waals surface area contributed by atoms with Crippen molar-refractivity contribution in [1.82, 2.24) is 24.9 Å². The van der Waals surface area contributed by atoms with Crippen LogP contribution >= 0.6 is 11.6 Å². The molecule has 2 aliphatic heterocycles. The molecule has 1 aromatic heterocycles. The highest BCUT2D eigenvalue weighted by Crippen LogP contribution is 2.25. The molecule has 1 N–H and O–H groups in total. The van der Waals surface area contributed by atoms with E-state index >= 15 is 0 Å². The van der Waals surface area contributed by atoms with Crippen LogP contribution in [0.1, 0.15) is 59.4 Å². The number of carbonyl (C=O) groups is 3. The summed E-state index contributed by atoms with van der Waals surface area (Å²) in [4.78, 5) is 41.7. The molecule has 2 aromatic rings. The van der Waals surface area contributed by atoms with Crippen molar-refractivity contribution in [2.24, 2.45) is 7.05 Å². The summed E-state index contributed by atoms with van der Waals surface area (Å²) in [5.74, 6) is -0.289. The Morgan fingerprint density at radius 2 is 1.73 bits per heavy atom. The number of rotatable bonds is 6. The van der Waals surface area contributed by atoms with Crippen LogP contribution in [0.4, 0.5) is 0 Å². The highest BCUT2D eigenvalue weighted by Gasteiger charge is 2.31. The molecule has 8 nitrogen and oxygen atoms in total. The Kier molecular flexibility index (Phi) is 7.33. The lowest BCUT2D eigenvalue weighted by molar-refractivity contribution is -0.134. The van der Waals surface area contributed by atoms with Crippen LogP contribution in [0.3, 0.4) is 0 Å². The summed E-state index contributed by atoms with van der Waals surface area (Å²) in [6.45, 7) is 2.85. The molecule has 9 heteroatoms. The smallest absolute Gasteiger partial charge is 0.274 e. The third-order valence-corrected chi connectivity index (χ3v) is 6.66. The number of nitrogens with zero attached hydrogens (tertiary/aromatic N) is 4. The van der Waals surface area contributed by atoms with E-state index in [4.69, 9.17) is 11.6 Å². The third kappa shape index (κ3) is 5.55. The topological polar surface area (TPSA) is 87.5 Å². The molecule has 33 heavy (non-hydrogen) atoms. The number of fused-ring (bicyclic) bond motifs is 1. The second-order valence-electron chi connectivity index (χ2n) is 8.72. The SMILES string of the molecule is Cn1nc(C(=O)N2CCCCC2)c2c1CCN(C(=O)CCC(=O)NCc1ccc(Cl)cc1)C2. The van der Waals surface area contributed by atoms with E-state index in [2.05, 4.69) is 10.4 Å². The van der Waals surface area contributed by atoms with Gasteiger partial charge < -0.3 is 15.1 Å². The van der Waals surface area contributed by atoms with E-state index in [0.29, 0.717) is 36.8 Å². The molecule has 0 unspecified atom stereocenters. The van der Waals surface area contributed by atoms with Crippen molar-refractivity contribution in [2.75, 3.05) is 19.6 Å². The van der Waals surface area contributed by atoms with Crippen LogP contribution in [0, 0.1) is 0 Å². The van der Waals surface area contributed by atoms with Crippen molar-refractivity contribution in [3.63, 3.8) is 0 Å². The minimum atomic E-state index is -0.168. The van der Waals surface area contributed by atoms with Gasteiger partial charge in [0.25, 0.3) is 5.91 Å². The van der Waals surface area contributed by atoms with Crippen LogP contribution in [0.5, 0.6) is 0 Å². The van der Waals surface area contributed by atoms with Gasteiger partial charge in [0.05, 0.1) is 0 Å². The van der Waals surface area contributed by atoms with Crippen molar-refractivity contribution in [2.45, 2.75) is 51.6 Å². The van der Waals surface area contributed by atoms with Gasteiger partial charge in [0.2, 0.25) is 11.8 Å². The zero-order chi connectivity index (χ0) is 23.4. The summed E-state index contributed by atoms with van der Waals surface area (Å²) in [5, 5.41) is 8.00. The summed E-state index contributed by atoms with van der Waals surface area (Å²) in [6.07, 6.45) is 4.11. The van der Waals surface area contributed by atoms with Crippen molar-refractivity contribution in [3.05, 3.63) is 51.8 Å². The fourth-order valence-electron chi connectivity index (χ4n) is 4.49. The normalized spacial score (nSPS) is 15.8. The highest BCUT2D eigenvalue weighted by atomic mass is 35.5. The zero-order valence-electron chi connectivity index (χ0n) is 19.0. The average molecular weight is 472 g/mol. The minimum absolute atomic E-state index is 0.0394. The monoisotopic (exact) mass is 471 g/mol. The molecule has 0 bridgehead atoms. The van der Waals surface area contributed by atoms with Gasteiger partial charge in [-0.05, 0) is 37.0 Å². The predicted octanol–water partition coefficient (Wildman–Crippen LogP) is 2.68. The van der Waals surface area contributed by atoms with Crippen LogP contribution in [0.15, 0.2) is 24.3 Å². The predicted molar refractivity (Wildman–Crippen MR) is 125 cm³/mol. The fourth-order valence-corrected chi connectivity index (χ4v) is 4.62. The largest absolute Gasteiger partial charge is 0.352 e. The van der Waals surface area contributed by atoms with Crippen LogP contribution in [-0.2, 0) is 36.1 Å². The standard InChI is InChI=1S/C24H30ClN5O3/c1-28-20-11-14-30(16-19(20)23(27-28)24(33)29-12-3-2-4-13-29)22(32)10-9-21(31)26-15-17-5-7-18(25)8-6-17/h5-8H,2-4,9-16H2,1H3,(H,26,31). The zero-order valence-corrected chi connectivity index (χ0v) is 19.7. The molecule has 1 aromatic carbocycles. The Morgan fingerprint density at radius 1 is 1.00 bits per heavy atom. The molecule has 3 amide bonds. The number of piperidine rings is 1. The van der Waals surface area contributed by atoms with Gasteiger partial charge >= 0.3 is 0 Å². The van der Waals surface area contributed by atoms with Crippen LogP contribution in [0.2, 0.25) is 5.02 Å². The summed E-state index contributed by atoms with van der Waals surface area (Å²) in [5.41, 5.74) is 3.28. The Morgan fingerprint density at radius 3 is 2.45 bits per heavy atom. The molecular weight excluding hydrogens is 442 g/mol. The molecule has 0 saturated carbocycles. The third-order valence-electron chi connectivity index (χ3n) is 6.41. The van der Waals surface area contributed by atoms with Crippen molar-refractivity contribution < 1.29 is 14.4 Å². The number of aromatic nitrogens is 2. The van der Waals surface area contributed by atoms with E-state index in [9.17, 15) is 14.4 Å². The molecule has 0 aliphatic carbocycles. The molecule has 0 radical (unpaired) electrons. The van der Waals surface area contributed by atoms with Crippen LogP contribution < -0.4 is 5.32 Å². The number of nitrogens with one attached hydrogen (secondary N) is 1. The number of likely N-dealkylation sites (tertiary alicyclic amines) is 1. The van der Waals surface area contributed by atoms with Gasteiger partial charge in [0, 0.05) is 75.3 Å². The van der Waals surface area contributed by atoms with E-state index < -0.39 is 0 Å². The molecule has 1 saturated heterocycles. The van der Waals surface area contributed by atoms with Gasteiger partial charge in [-0.25, -0.2) is 0 Å². The Balaban J connectivity index is 1.32. The lowest BCUT2D eigenvalue weighted by Gasteiger charge is -2.29. The molecule has 176 valence electrons. The first kappa shape index (κ1) is 23.3. The second-order valence-corrected chi connectivity index (χ2v) is 9.16. The summed E-state index contributed by atoms with van der Waals surface area (Å²) < 4.78 is 1.78. The molecule has 4 rings (SSSR count). The van der Waals surface area contributed by atoms with Crippen molar-refractivity contribution >= 4 is 29.3 Å². The Bertz CT molecular complexity index is 1030. The number of aryl methyl sites for hydroxylation is 1. The maximum Gasteiger partial charge on any atom is 0.274 e. The molecule has 3 heterocycles. The van der Waals surface area contributed by atoms with E-state index in [0.717, 1.165) is 49.2 Å². The van der Waals surface area contributed by atoms with E-state index in [-0.39, 0.29) is 30.6 Å². The fraction of sp³-hybridized carbons (Fsp3) is 0.500. The van der Waals surface area contributed by atoms with Gasteiger partial charge in [0.15, 0.2) is 5.69 Å². The molecular formula is C24H30ClN5O3. The molecule has 0 spiro atoms. The summed E-state index contributed by atoms with van der Waals surface area (Å²) in [6, 6.07) is 7.27. The van der Waals surface area contributed by atoms with E-state index in [1.54, 1.807) is 21.7 Å². The highest BCUT2D eigenvalue weighted by molar-refractivity contribution is 6.30. The van der Waals surface area contributed by atoms with Crippen LogP contribution in [-0.4, -0.2) is 56.9 Å². The number of benzene rings is 1. The lowest BCUT2D eigenvalue weighted by atomic mass is 10.0. The van der Waals surface area contributed by atoms with Gasteiger partial charge in [-0.1, -0.05) is 23.7 Å². The van der Waals surface area contributed by atoms with Gasteiger partial charge in [0.1, 0.15) is 0 Å². The van der Waals surface area contributed by atoms with Gasteiger partial charge in [-0.2, -0.15) is 5.10 Å². The summed E-state index contributed by atoms with van der Waals surface area (Å²) >= 11 is 5.88. The van der Waals surface area contributed by atoms with Crippen molar-refractivity contribution in [3.8, 4) is 0 Å². The molecule has 0 atom stereocenters. The quantitative estimate of drug-likeness (QED) is 0.701. The average Bonchev–Trinajstić information content (AvgIpc) is 3.18. The number of halogens is 1. The maximum absolute atomic E-state index is 13.1. The number of hydrogen-bond donors (Lipinski definition) is 1. The van der Waals surface area contributed by atoms with E-state index in [1.165, 1.54) is 0 Å². The molecule has 2 aliphatic rings.